The van der Waals surface area contributed by atoms with E-state index in [9.17, 15) is 5.11 Å². The number of aliphatic hydroxyl groups is 1. The van der Waals surface area contributed by atoms with Crippen LogP contribution in [0.2, 0.25) is 0 Å². The van der Waals surface area contributed by atoms with Crippen LogP contribution in [0.15, 0.2) is 12.4 Å². The van der Waals surface area contributed by atoms with Crippen LogP contribution in [-0.2, 0) is 13.1 Å². The van der Waals surface area contributed by atoms with E-state index in [1.165, 1.54) is 12.8 Å². The van der Waals surface area contributed by atoms with Crippen molar-refractivity contribution >= 4 is 0 Å². The lowest BCUT2D eigenvalue weighted by Gasteiger charge is -2.37. The van der Waals surface area contributed by atoms with Gasteiger partial charge in [-0.1, -0.05) is 0 Å². The molecule has 0 radical (unpaired) electrons. The molecule has 0 bridgehead atoms. The molecule has 1 aliphatic heterocycles. The van der Waals surface area contributed by atoms with Crippen LogP contribution in [0.5, 0.6) is 0 Å². The van der Waals surface area contributed by atoms with Crippen LogP contribution in [-0.4, -0.2) is 50.8 Å². The van der Waals surface area contributed by atoms with Gasteiger partial charge in [-0.2, -0.15) is 0 Å². The molecule has 1 fully saturated rings. The van der Waals surface area contributed by atoms with Gasteiger partial charge in [0.25, 0.3) is 0 Å². The van der Waals surface area contributed by atoms with Crippen LogP contribution >= 0.6 is 0 Å². The third-order valence-corrected chi connectivity index (χ3v) is 3.88. The van der Waals surface area contributed by atoms with Gasteiger partial charge in [-0.15, -0.1) is 0 Å². The summed E-state index contributed by atoms with van der Waals surface area (Å²) in [7, 11) is 0. The van der Waals surface area contributed by atoms with Gasteiger partial charge in [-0.3, -0.25) is 4.90 Å². The molecule has 2 heterocycles. The number of aromatic nitrogens is 2. The summed E-state index contributed by atoms with van der Waals surface area (Å²) in [5.41, 5.74) is -0.185. The molecule has 1 aromatic rings. The number of aliphatic hydroxyl groups excluding tert-OH is 1. The monoisotopic (exact) mass is 250 g/mol. The summed E-state index contributed by atoms with van der Waals surface area (Å²) in [4.78, 5) is 6.76. The second kappa shape index (κ2) is 4.64. The second-order valence-electron chi connectivity index (χ2n) is 5.88. The zero-order valence-corrected chi connectivity index (χ0v) is 11.0. The topological polar surface area (TPSA) is 53.3 Å². The van der Waals surface area contributed by atoms with Crippen LogP contribution in [0.1, 0.15) is 25.6 Å². The van der Waals surface area contributed by atoms with Crippen LogP contribution < -0.4 is 5.32 Å². The molecule has 0 spiro atoms. The quantitative estimate of drug-likeness (QED) is 0.784. The predicted octanol–water partition coefficient (Wildman–Crippen LogP) is 0.202. The molecule has 0 amide bonds. The summed E-state index contributed by atoms with van der Waals surface area (Å²) in [6.07, 6.45) is 6.41. The van der Waals surface area contributed by atoms with Crippen molar-refractivity contribution in [2.45, 2.75) is 44.4 Å². The number of imidazole rings is 1. The second-order valence-corrected chi connectivity index (χ2v) is 5.88. The highest BCUT2D eigenvalue weighted by atomic mass is 16.3. The molecule has 5 nitrogen and oxygen atoms in total. The average molecular weight is 250 g/mol. The first-order valence-electron chi connectivity index (χ1n) is 6.79. The minimum absolute atomic E-state index is 0.185. The molecule has 1 atom stereocenters. The van der Waals surface area contributed by atoms with E-state index in [1.807, 2.05) is 12.4 Å². The Bertz CT molecular complexity index is 415. The molecule has 1 saturated carbocycles. The normalized spacial score (nSPS) is 23.7. The third kappa shape index (κ3) is 2.58. The van der Waals surface area contributed by atoms with Crippen LogP contribution in [0.4, 0.5) is 0 Å². The Morgan fingerprint density at radius 1 is 1.50 bits per heavy atom. The van der Waals surface area contributed by atoms with E-state index in [0.717, 1.165) is 32.0 Å². The standard InChI is InChI=1S/C13H22N4O/c1-13(10-18,15-11-2-3-11)9-16-6-7-17-5-4-14-12(17)8-16/h4-5,11,15,18H,2-3,6-10H2,1H3. The minimum Gasteiger partial charge on any atom is -0.394 e. The van der Waals surface area contributed by atoms with Crippen molar-refractivity contribution < 1.29 is 5.11 Å². The van der Waals surface area contributed by atoms with Crippen molar-refractivity contribution in [2.24, 2.45) is 0 Å². The van der Waals surface area contributed by atoms with Crippen molar-refractivity contribution in [1.82, 2.24) is 19.8 Å². The summed E-state index contributed by atoms with van der Waals surface area (Å²) < 4.78 is 2.21. The highest BCUT2D eigenvalue weighted by Crippen LogP contribution is 2.23. The summed E-state index contributed by atoms with van der Waals surface area (Å²) in [5.74, 6) is 1.13. The van der Waals surface area contributed by atoms with Crippen LogP contribution in [0, 0.1) is 0 Å². The maximum absolute atomic E-state index is 9.64. The Kier molecular flexibility index (Phi) is 3.13. The lowest BCUT2D eigenvalue weighted by Crippen LogP contribution is -2.55. The van der Waals surface area contributed by atoms with Gasteiger partial charge in [0.2, 0.25) is 0 Å². The first-order chi connectivity index (χ1) is 8.68. The van der Waals surface area contributed by atoms with Crippen LogP contribution in [0.3, 0.4) is 0 Å². The van der Waals surface area contributed by atoms with Gasteiger partial charge in [-0.05, 0) is 19.8 Å². The van der Waals surface area contributed by atoms with E-state index in [1.54, 1.807) is 0 Å². The molecular formula is C13H22N4O. The Morgan fingerprint density at radius 2 is 2.33 bits per heavy atom. The van der Waals surface area contributed by atoms with Gasteiger partial charge in [0.1, 0.15) is 5.82 Å². The first kappa shape index (κ1) is 12.1. The molecule has 1 aromatic heterocycles. The number of hydrogen-bond donors (Lipinski definition) is 2. The Balaban J connectivity index is 1.61. The van der Waals surface area contributed by atoms with Crippen molar-refractivity contribution in [2.75, 3.05) is 19.7 Å². The largest absolute Gasteiger partial charge is 0.394 e. The number of fused-ring (bicyclic) bond motifs is 1. The molecule has 100 valence electrons. The Morgan fingerprint density at radius 3 is 3.06 bits per heavy atom. The highest BCUT2D eigenvalue weighted by molar-refractivity contribution is 4.99. The van der Waals surface area contributed by atoms with Gasteiger partial charge in [0, 0.05) is 38.1 Å². The molecule has 3 rings (SSSR count). The highest BCUT2D eigenvalue weighted by Gasteiger charge is 2.34. The molecule has 1 unspecified atom stereocenters. The Hall–Kier alpha value is -0.910. The number of nitrogens with one attached hydrogen (secondary N) is 1. The number of rotatable bonds is 5. The van der Waals surface area contributed by atoms with Gasteiger partial charge in [0.15, 0.2) is 0 Å². The van der Waals surface area contributed by atoms with Crippen molar-refractivity contribution in [3.05, 3.63) is 18.2 Å². The van der Waals surface area contributed by atoms with Gasteiger partial charge in [-0.25, -0.2) is 4.98 Å². The molecule has 2 aliphatic rings. The van der Waals surface area contributed by atoms with E-state index in [-0.39, 0.29) is 12.1 Å². The van der Waals surface area contributed by atoms with E-state index >= 15 is 0 Å². The molecule has 0 aromatic carbocycles. The molecule has 5 heteroatoms. The van der Waals surface area contributed by atoms with Gasteiger partial charge < -0.3 is 15.0 Å². The summed E-state index contributed by atoms with van der Waals surface area (Å²) in [6, 6.07) is 0.619. The fraction of sp³-hybridized carbons (Fsp3) is 0.769. The van der Waals surface area contributed by atoms with Gasteiger partial charge >= 0.3 is 0 Å². The van der Waals surface area contributed by atoms with E-state index in [4.69, 9.17) is 0 Å². The lowest BCUT2D eigenvalue weighted by molar-refractivity contribution is 0.102. The van der Waals surface area contributed by atoms with Crippen molar-refractivity contribution in [3.8, 4) is 0 Å². The SMILES string of the molecule is CC(CO)(CN1CCn2ccnc2C1)NC1CC1. The molecule has 18 heavy (non-hydrogen) atoms. The number of hydrogen-bond acceptors (Lipinski definition) is 4. The first-order valence-corrected chi connectivity index (χ1v) is 6.79. The molecule has 2 N–H and O–H groups in total. The van der Waals surface area contributed by atoms with Crippen LogP contribution in [0.25, 0.3) is 0 Å². The van der Waals surface area contributed by atoms with E-state index in [2.05, 4.69) is 26.7 Å². The summed E-state index contributed by atoms with van der Waals surface area (Å²) >= 11 is 0. The average Bonchev–Trinajstić information content (AvgIpc) is 3.04. The summed E-state index contributed by atoms with van der Waals surface area (Å²) in [5, 5.41) is 13.2. The maximum Gasteiger partial charge on any atom is 0.122 e. The lowest BCUT2D eigenvalue weighted by atomic mass is 10.0. The molecule has 0 saturated heterocycles. The van der Waals surface area contributed by atoms with Gasteiger partial charge in [0.05, 0.1) is 18.7 Å². The predicted molar refractivity (Wildman–Crippen MR) is 69.2 cm³/mol. The van der Waals surface area contributed by atoms with Crippen molar-refractivity contribution in [3.63, 3.8) is 0 Å². The third-order valence-electron chi connectivity index (χ3n) is 3.88. The Labute approximate surface area is 108 Å². The zero-order chi connectivity index (χ0) is 12.6. The fourth-order valence-electron chi connectivity index (χ4n) is 2.71. The molecule has 1 aliphatic carbocycles. The number of nitrogens with zero attached hydrogens (tertiary/aromatic N) is 3. The van der Waals surface area contributed by atoms with Crippen molar-refractivity contribution in [1.29, 1.82) is 0 Å². The molecular weight excluding hydrogens is 228 g/mol. The zero-order valence-electron chi connectivity index (χ0n) is 11.0. The smallest absolute Gasteiger partial charge is 0.122 e. The van der Waals surface area contributed by atoms with E-state index in [0.29, 0.717) is 6.04 Å². The fourth-order valence-corrected chi connectivity index (χ4v) is 2.71. The minimum atomic E-state index is -0.185. The summed E-state index contributed by atoms with van der Waals surface area (Å²) in [6.45, 7) is 6.11. The maximum atomic E-state index is 9.64. The van der Waals surface area contributed by atoms with E-state index < -0.39 is 0 Å².